The van der Waals surface area contributed by atoms with Crippen molar-refractivity contribution in [3.05, 3.63) is 127 Å². The van der Waals surface area contributed by atoms with Gasteiger partial charge in [0.2, 0.25) is 0 Å². The molecule has 0 amide bonds. The van der Waals surface area contributed by atoms with Gasteiger partial charge in [0, 0.05) is 0 Å². The molecule has 0 fully saturated rings. The maximum atomic E-state index is 15.8. The van der Waals surface area contributed by atoms with E-state index < -0.39 is 12.5 Å². The van der Waals surface area contributed by atoms with Gasteiger partial charge in [-0.25, -0.2) is 0 Å². The summed E-state index contributed by atoms with van der Waals surface area (Å²) in [5.74, 6) is -4.49. The molecule has 0 heterocycles. The van der Waals surface area contributed by atoms with E-state index in [2.05, 4.69) is 0 Å². The van der Waals surface area contributed by atoms with E-state index in [4.69, 9.17) is 0 Å². The molecule has 0 aliphatic carbocycles. The van der Waals surface area contributed by atoms with Gasteiger partial charge in [-0.05, 0) is 0 Å². The SMILES string of the molecule is Br.FC(F)(F)P(Cc1ccccc1)(c1ccccc1)(c1ccccc1)c1ccccc1. The predicted octanol–water partition coefficient (Wildman–Crippen LogP) is 6.81. The molecule has 5 heteroatoms. The molecule has 0 spiro atoms. The summed E-state index contributed by atoms with van der Waals surface area (Å²) >= 11 is 0. The average Bonchev–Trinajstić information content (AvgIpc) is 2.79. The first-order valence-corrected chi connectivity index (χ1v) is 12.2. The number of rotatable bonds is 5. The Bertz CT molecular complexity index is 1000. The normalized spacial score (nSPS) is 12.9. The van der Waals surface area contributed by atoms with Crippen LogP contribution in [0, 0.1) is 0 Å². The molecule has 0 saturated heterocycles. The van der Waals surface area contributed by atoms with Crippen LogP contribution in [0.25, 0.3) is 0 Å². The Morgan fingerprint density at radius 3 is 1.06 bits per heavy atom. The van der Waals surface area contributed by atoms with Crippen molar-refractivity contribution in [2.75, 3.05) is 0 Å². The molecule has 0 aliphatic rings. The zero-order valence-electron chi connectivity index (χ0n) is 16.7. The van der Waals surface area contributed by atoms with Crippen LogP contribution in [-0.2, 0) is 6.16 Å². The molecular weight excluding hydrogens is 480 g/mol. The zero-order valence-corrected chi connectivity index (χ0v) is 19.4. The van der Waals surface area contributed by atoms with Gasteiger partial charge < -0.3 is 0 Å². The third kappa shape index (κ3) is 3.52. The number of hydrogen-bond acceptors (Lipinski definition) is 0. The maximum absolute atomic E-state index is 15.8. The topological polar surface area (TPSA) is 0 Å². The Labute approximate surface area is 191 Å². The Morgan fingerprint density at radius 2 is 0.774 bits per heavy atom. The van der Waals surface area contributed by atoms with Crippen LogP contribution in [0.5, 0.6) is 0 Å². The van der Waals surface area contributed by atoms with Gasteiger partial charge in [0.05, 0.1) is 0 Å². The van der Waals surface area contributed by atoms with E-state index in [-0.39, 0.29) is 23.1 Å². The fraction of sp³-hybridized carbons (Fsp3) is 0.0769. The molecule has 31 heavy (non-hydrogen) atoms. The fourth-order valence-electron chi connectivity index (χ4n) is 4.47. The zero-order chi connectivity index (χ0) is 21.1. The predicted molar refractivity (Wildman–Crippen MR) is 132 cm³/mol. The molecule has 0 N–H and O–H groups in total. The van der Waals surface area contributed by atoms with Gasteiger partial charge in [0.25, 0.3) is 0 Å². The summed E-state index contributed by atoms with van der Waals surface area (Å²) in [6.07, 6.45) is -0.117. The van der Waals surface area contributed by atoms with E-state index in [0.717, 1.165) is 0 Å². The van der Waals surface area contributed by atoms with Gasteiger partial charge in [-0.1, -0.05) is 0 Å². The average molecular weight is 503 g/mol. The molecule has 0 saturated carbocycles. The molecule has 4 rings (SSSR count). The Balaban J connectivity index is 0.00000272. The Hall–Kier alpha value is -2.42. The fourth-order valence-corrected chi connectivity index (χ4v) is 10.4. The first kappa shape index (κ1) is 23.2. The minimum atomic E-state index is -4.94. The van der Waals surface area contributed by atoms with Crippen molar-refractivity contribution in [1.82, 2.24) is 0 Å². The van der Waals surface area contributed by atoms with E-state index in [0.29, 0.717) is 21.5 Å². The molecule has 4 aromatic carbocycles. The second-order valence-corrected chi connectivity index (χ2v) is 12.4. The van der Waals surface area contributed by atoms with Gasteiger partial charge in [-0.2, -0.15) is 0 Å². The summed E-state index contributed by atoms with van der Waals surface area (Å²) in [5, 5.41) is 0.992. The Kier molecular flexibility index (Phi) is 6.73. The van der Waals surface area contributed by atoms with Crippen LogP contribution in [0.1, 0.15) is 5.56 Å². The molecular formula is C26H23BrF3P. The Morgan fingerprint density at radius 1 is 0.484 bits per heavy atom. The molecule has 0 nitrogen and oxygen atoms in total. The van der Waals surface area contributed by atoms with Gasteiger partial charge >= 0.3 is 175 Å². The van der Waals surface area contributed by atoms with E-state index in [9.17, 15) is 0 Å². The summed E-state index contributed by atoms with van der Waals surface area (Å²) in [6.45, 7) is -4.94. The van der Waals surface area contributed by atoms with E-state index in [1.807, 2.05) is 6.07 Å². The molecule has 0 aliphatic heterocycles. The van der Waals surface area contributed by atoms with Crippen LogP contribution in [0.15, 0.2) is 121 Å². The van der Waals surface area contributed by atoms with Crippen molar-refractivity contribution in [2.24, 2.45) is 0 Å². The first-order valence-electron chi connectivity index (χ1n) is 9.77. The van der Waals surface area contributed by atoms with E-state index in [1.165, 1.54) is 0 Å². The summed E-state index contributed by atoms with van der Waals surface area (Å²) in [6, 6.07) is 34.5. The summed E-state index contributed by atoms with van der Waals surface area (Å²) in [4.78, 5) is 0. The van der Waals surface area contributed by atoms with Crippen LogP contribution >= 0.6 is 23.6 Å². The molecule has 0 unspecified atom stereocenters. The van der Waals surface area contributed by atoms with Crippen molar-refractivity contribution in [3.63, 3.8) is 0 Å². The molecule has 4 aromatic rings. The van der Waals surface area contributed by atoms with Gasteiger partial charge in [-0.3, -0.25) is 0 Å². The van der Waals surface area contributed by atoms with Gasteiger partial charge in [-0.15, -0.1) is 17.0 Å². The molecule has 0 atom stereocenters. The number of hydrogen-bond donors (Lipinski definition) is 0. The van der Waals surface area contributed by atoms with Crippen molar-refractivity contribution >= 4 is 39.5 Å². The third-order valence-corrected chi connectivity index (χ3v) is 12.3. The van der Waals surface area contributed by atoms with Crippen molar-refractivity contribution in [1.29, 1.82) is 0 Å². The molecule has 0 radical (unpaired) electrons. The second kappa shape index (κ2) is 8.98. The van der Waals surface area contributed by atoms with Gasteiger partial charge in [0.15, 0.2) is 0 Å². The number of alkyl halides is 3. The first-order chi connectivity index (χ1) is 14.5. The van der Waals surface area contributed by atoms with Crippen molar-refractivity contribution in [3.8, 4) is 0 Å². The molecule has 0 bridgehead atoms. The van der Waals surface area contributed by atoms with E-state index >= 15 is 13.2 Å². The van der Waals surface area contributed by atoms with Crippen LogP contribution in [-0.4, -0.2) is 5.92 Å². The van der Waals surface area contributed by atoms with Crippen LogP contribution in [0.3, 0.4) is 0 Å². The van der Waals surface area contributed by atoms with Crippen molar-refractivity contribution in [2.45, 2.75) is 12.1 Å². The van der Waals surface area contributed by atoms with Crippen LogP contribution in [0.2, 0.25) is 0 Å². The summed E-state index contributed by atoms with van der Waals surface area (Å²) < 4.78 is 47.5. The summed E-state index contributed by atoms with van der Waals surface area (Å²) in [7, 11) is 0. The number of benzene rings is 4. The minimum absolute atomic E-state index is 0. The molecule has 0 aromatic heterocycles. The third-order valence-electron chi connectivity index (χ3n) is 5.88. The quantitative estimate of drug-likeness (QED) is 0.263. The van der Waals surface area contributed by atoms with Crippen LogP contribution < -0.4 is 15.9 Å². The monoisotopic (exact) mass is 502 g/mol. The number of halogens is 4. The van der Waals surface area contributed by atoms with Crippen LogP contribution in [0.4, 0.5) is 13.2 Å². The standard InChI is InChI=1S/C26H22F3P.BrH/c27-26(28,29)30(23-15-7-2-8-16-23,24-17-9-3-10-18-24,25-19-11-4-12-20-25)21-22-13-5-1-6-14-22;/h1-20H,21H2;1H. The summed E-state index contributed by atoms with van der Waals surface area (Å²) in [5.41, 5.74) is 0.670. The van der Waals surface area contributed by atoms with Crippen molar-refractivity contribution < 1.29 is 13.2 Å². The second-order valence-electron chi connectivity index (χ2n) is 7.42. The van der Waals surface area contributed by atoms with E-state index in [1.54, 1.807) is 115 Å². The molecule has 160 valence electrons. The van der Waals surface area contributed by atoms with Gasteiger partial charge in [0.1, 0.15) is 0 Å².